The lowest BCUT2D eigenvalue weighted by Gasteiger charge is -2.15. The van der Waals surface area contributed by atoms with Crippen LogP contribution in [0.3, 0.4) is 0 Å². The maximum atomic E-state index is 12.0. The number of rotatable bonds is 7. The van der Waals surface area contributed by atoms with E-state index in [0.29, 0.717) is 28.9 Å². The Hall–Kier alpha value is -0.250. The minimum Gasteiger partial charge on any atom is -0.352 e. The summed E-state index contributed by atoms with van der Waals surface area (Å²) in [6, 6.07) is 5.16. The molecular formula is C14H18BrCl2NO. The lowest BCUT2D eigenvalue weighted by Crippen LogP contribution is -2.29. The molecule has 0 radical (unpaired) electrons. The quantitative estimate of drug-likeness (QED) is 0.684. The van der Waals surface area contributed by atoms with Crippen molar-refractivity contribution < 1.29 is 4.79 Å². The summed E-state index contributed by atoms with van der Waals surface area (Å²) in [7, 11) is 0. The Morgan fingerprint density at radius 3 is 2.74 bits per heavy atom. The van der Waals surface area contributed by atoms with Crippen LogP contribution in [0.5, 0.6) is 0 Å². The molecule has 1 aromatic carbocycles. The standard InChI is InChI=1S/C14H18BrCl2NO/c1-2-3-10(6-7-16)9-18-14(19)11-4-5-13(17)12(15)8-11/h4-5,8,10H,2-3,6-7,9H2,1H3,(H,18,19). The van der Waals surface area contributed by atoms with Gasteiger partial charge < -0.3 is 5.32 Å². The van der Waals surface area contributed by atoms with Gasteiger partial charge in [-0.3, -0.25) is 4.79 Å². The molecular weight excluding hydrogens is 349 g/mol. The number of halogens is 3. The molecule has 0 saturated carbocycles. The second-order valence-electron chi connectivity index (χ2n) is 4.47. The van der Waals surface area contributed by atoms with Gasteiger partial charge in [0.1, 0.15) is 0 Å². The lowest BCUT2D eigenvalue weighted by atomic mass is 10.0. The van der Waals surface area contributed by atoms with Gasteiger partial charge >= 0.3 is 0 Å². The number of nitrogens with one attached hydrogen (secondary N) is 1. The van der Waals surface area contributed by atoms with E-state index in [1.165, 1.54) is 0 Å². The Balaban J connectivity index is 2.56. The molecule has 1 N–H and O–H groups in total. The second-order valence-corrected chi connectivity index (χ2v) is 6.11. The zero-order valence-electron chi connectivity index (χ0n) is 10.9. The summed E-state index contributed by atoms with van der Waals surface area (Å²) in [6.07, 6.45) is 3.11. The molecule has 0 aliphatic heterocycles. The first-order valence-electron chi connectivity index (χ1n) is 6.37. The van der Waals surface area contributed by atoms with Crippen LogP contribution in [0.4, 0.5) is 0 Å². The Kier molecular flexibility index (Phi) is 7.81. The fourth-order valence-corrected chi connectivity index (χ4v) is 2.69. The number of alkyl halides is 1. The van der Waals surface area contributed by atoms with Gasteiger partial charge in [-0.2, -0.15) is 0 Å². The number of carbonyl (C=O) groups is 1. The maximum absolute atomic E-state index is 12.0. The van der Waals surface area contributed by atoms with Crippen molar-refractivity contribution in [2.75, 3.05) is 12.4 Å². The predicted molar refractivity (Wildman–Crippen MR) is 85.2 cm³/mol. The van der Waals surface area contributed by atoms with Crippen LogP contribution >= 0.6 is 39.1 Å². The minimum absolute atomic E-state index is 0.0759. The van der Waals surface area contributed by atoms with Crippen molar-refractivity contribution in [3.63, 3.8) is 0 Å². The van der Waals surface area contributed by atoms with Crippen molar-refractivity contribution in [2.24, 2.45) is 5.92 Å². The van der Waals surface area contributed by atoms with E-state index in [0.717, 1.165) is 23.7 Å². The van der Waals surface area contributed by atoms with E-state index in [1.807, 2.05) is 0 Å². The van der Waals surface area contributed by atoms with Gasteiger partial charge in [-0.15, -0.1) is 11.6 Å². The number of carbonyl (C=O) groups excluding carboxylic acids is 1. The third-order valence-electron chi connectivity index (χ3n) is 2.95. The van der Waals surface area contributed by atoms with Crippen LogP contribution in [0, 0.1) is 5.92 Å². The third-order valence-corrected chi connectivity index (χ3v) is 4.38. The van der Waals surface area contributed by atoms with Gasteiger partial charge in [0.25, 0.3) is 5.91 Å². The second kappa shape index (κ2) is 8.83. The lowest BCUT2D eigenvalue weighted by molar-refractivity contribution is 0.0946. The Morgan fingerprint density at radius 1 is 1.42 bits per heavy atom. The van der Waals surface area contributed by atoms with Crippen LogP contribution in [-0.4, -0.2) is 18.3 Å². The summed E-state index contributed by atoms with van der Waals surface area (Å²) in [5.74, 6) is 1.00. The Bertz CT molecular complexity index is 420. The van der Waals surface area contributed by atoms with Crippen LogP contribution in [0.15, 0.2) is 22.7 Å². The highest BCUT2D eigenvalue weighted by Gasteiger charge is 2.11. The Morgan fingerprint density at radius 2 is 2.16 bits per heavy atom. The molecule has 1 unspecified atom stereocenters. The average Bonchev–Trinajstić information content (AvgIpc) is 2.39. The molecule has 0 heterocycles. The van der Waals surface area contributed by atoms with Crippen molar-refractivity contribution in [1.82, 2.24) is 5.32 Å². The molecule has 106 valence electrons. The number of hydrogen-bond donors (Lipinski definition) is 1. The van der Waals surface area contributed by atoms with Crippen molar-refractivity contribution in [1.29, 1.82) is 0 Å². The van der Waals surface area contributed by atoms with Crippen molar-refractivity contribution in [3.05, 3.63) is 33.3 Å². The first-order valence-corrected chi connectivity index (χ1v) is 8.08. The molecule has 0 aliphatic carbocycles. The highest BCUT2D eigenvalue weighted by Crippen LogP contribution is 2.23. The molecule has 1 atom stereocenters. The van der Waals surface area contributed by atoms with E-state index >= 15 is 0 Å². The zero-order valence-corrected chi connectivity index (χ0v) is 14.0. The Labute approximate surface area is 133 Å². The average molecular weight is 367 g/mol. The zero-order chi connectivity index (χ0) is 14.3. The van der Waals surface area contributed by atoms with E-state index in [2.05, 4.69) is 28.2 Å². The normalized spacial score (nSPS) is 12.2. The molecule has 1 rings (SSSR count). The highest BCUT2D eigenvalue weighted by molar-refractivity contribution is 9.10. The van der Waals surface area contributed by atoms with E-state index < -0.39 is 0 Å². The van der Waals surface area contributed by atoms with E-state index in [9.17, 15) is 4.79 Å². The van der Waals surface area contributed by atoms with E-state index in [1.54, 1.807) is 18.2 Å². The summed E-state index contributed by atoms with van der Waals surface area (Å²) in [4.78, 5) is 12.0. The molecule has 0 aliphatic rings. The SMILES string of the molecule is CCCC(CCCl)CNC(=O)c1ccc(Cl)c(Br)c1. The topological polar surface area (TPSA) is 29.1 Å². The monoisotopic (exact) mass is 365 g/mol. The summed E-state index contributed by atoms with van der Waals surface area (Å²) in [5, 5.41) is 3.55. The molecule has 1 aromatic rings. The van der Waals surface area contributed by atoms with Crippen molar-refractivity contribution in [3.8, 4) is 0 Å². The van der Waals surface area contributed by atoms with Crippen LogP contribution in [-0.2, 0) is 0 Å². The molecule has 2 nitrogen and oxygen atoms in total. The fourth-order valence-electron chi connectivity index (χ4n) is 1.89. The molecule has 0 saturated heterocycles. The minimum atomic E-state index is -0.0759. The van der Waals surface area contributed by atoms with E-state index in [4.69, 9.17) is 23.2 Å². The van der Waals surface area contributed by atoms with Gasteiger partial charge in [-0.25, -0.2) is 0 Å². The van der Waals surface area contributed by atoms with Crippen LogP contribution < -0.4 is 5.32 Å². The molecule has 0 spiro atoms. The molecule has 5 heteroatoms. The van der Waals surface area contributed by atoms with Gasteiger partial charge in [-0.05, 0) is 52.9 Å². The maximum Gasteiger partial charge on any atom is 0.251 e. The summed E-state index contributed by atoms with van der Waals surface area (Å²) in [5.41, 5.74) is 0.609. The summed E-state index contributed by atoms with van der Waals surface area (Å²) >= 11 is 15.0. The van der Waals surface area contributed by atoms with Crippen LogP contribution in [0.25, 0.3) is 0 Å². The summed E-state index contributed by atoms with van der Waals surface area (Å²) < 4.78 is 0.729. The van der Waals surface area contributed by atoms with E-state index in [-0.39, 0.29) is 5.91 Å². The van der Waals surface area contributed by atoms with Gasteiger partial charge in [0.05, 0.1) is 5.02 Å². The van der Waals surface area contributed by atoms with Crippen LogP contribution in [0.1, 0.15) is 36.5 Å². The molecule has 0 bridgehead atoms. The van der Waals surface area contributed by atoms with Crippen molar-refractivity contribution >= 4 is 45.0 Å². The number of amides is 1. The number of benzene rings is 1. The van der Waals surface area contributed by atoms with Gasteiger partial charge in [0, 0.05) is 22.5 Å². The first-order chi connectivity index (χ1) is 9.08. The summed E-state index contributed by atoms with van der Waals surface area (Å²) in [6.45, 7) is 2.80. The molecule has 0 aromatic heterocycles. The number of hydrogen-bond acceptors (Lipinski definition) is 1. The largest absolute Gasteiger partial charge is 0.352 e. The van der Waals surface area contributed by atoms with Gasteiger partial charge in [-0.1, -0.05) is 24.9 Å². The molecule has 1 amide bonds. The third kappa shape index (κ3) is 5.72. The van der Waals surface area contributed by atoms with Gasteiger partial charge in [0.2, 0.25) is 0 Å². The smallest absolute Gasteiger partial charge is 0.251 e. The highest BCUT2D eigenvalue weighted by atomic mass is 79.9. The van der Waals surface area contributed by atoms with Crippen LogP contribution in [0.2, 0.25) is 5.02 Å². The van der Waals surface area contributed by atoms with Gasteiger partial charge in [0.15, 0.2) is 0 Å². The molecule has 19 heavy (non-hydrogen) atoms. The van der Waals surface area contributed by atoms with Crippen molar-refractivity contribution in [2.45, 2.75) is 26.2 Å². The first kappa shape index (κ1) is 16.8. The predicted octanol–water partition coefficient (Wildman–Crippen LogP) is 4.88. The molecule has 0 fully saturated rings. The fraction of sp³-hybridized carbons (Fsp3) is 0.500.